The summed E-state index contributed by atoms with van der Waals surface area (Å²) in [6, 6.07) is 15.6. The number of hydrogen-bond acceptors (Lipinski definition) is 2. The number of fused-ring (bicyclic) bond motifs is 1. The van der Waals surface area contributed by atoms with Crippen molar-refractivity contribution in [3.05, 3.63) is 69.2 Å². The van der Waals surface area contributed by atoms with Crippen LogP contribution in [0.25, 0.3) is 0 Å². The predicted octanol–water partition coefficient (Wildman–Crippen LogP) is 4.89. The lowest BCUT2D eigenvalue weighted by Crippen LogP contribution is -2.32. The number of hydrogen-bond donors (Lipinski definition) is 1. The smallest absolute Gasteiger partial charge is 0.223 e. The average Bonchev–Trinajstić information content (AvgIpc) is 3.03. The van der Waals surface area contributed by atoms with Gasteiger partial charge in [0, 0.05) is 22.5 Å². The van der Waals surface area contributed by atoms with E-state index in [0.29, 0.717) is 22.2 Å². The Morgan fingerprint density at radius 3 is 2.46 bits per heavy atom. The van der Waals surface area contributed by atoms with Gasteiger partial charge in [0.25, 0.3) is 0 Å². The molecule has 2 fully saturated rings. The molecule has 1 aliphatic heterocycles. The molecule has 1 aliphatic carbocycles. The minimum atomic E-state index is 0.0593. The van der Waals surface area contributed by atoms with Gasteiger partial charge in [-0.15, -0.1) is 0 Å². The quantitative estimate of drug-likeness (QED) is 0.801. The number of halogens is 2. The molecule has 0 aromatic heterocycles. The number of nitrogens with one attached hydrogen (secondary N) is 1. The molecule has 4 rings (SSSR count). The second-order valence-corrected chi connectivity index (χ2v) is 7.97. The predicted molar refractivity (Wildman–Crippen MR) is 102 cm³/mol. The normalized spacial score (nSPS) is 27.5. The highest BCUT2D eigenvalue weighted by molar-refractivity contribution is 6.31. The van der Waals surface area contributed by atoms with Gasteiger partial charge >= 0.3 is 0 Å². The number of nitrogens with zero attached hydrogens (tertiary/aromatic N) is 1. The third kappa shape index (κ3) is 2.98. The fourth-order valence-corrected chi connectivity index (χ4v) is 5.10. The molecular weight excluding hydrogens is 367 g/mol. The van der Waals surface area contributed by atoms with Crippen molar-refractivity contribution in [2.75, 3.05) is 6.54 Å². The first kappa shape index (κ1) is 17.4. The van der Waals surface area contributed by atoms with Crippen LogP contribution in [0.3, 0.4) is 0 Å². The molecule has 1 N–H and O–H groups in total. The molecule has 0 spiro atoms. The molecule has 132 valence electrons. The van der Waals surface area contributed by atoms with Gasteiger partial charge in [0.2, 0.25) is 5.91 Å². The molecular formula is C21H18Cl2N2O. The van der Waals surface area contributed by atoms with Gasteiger partial charge in [-0.25, -0.2) is 0 Å². The van der Waals surface area contributed by atoms with Crippen LogP contribution in [0.5, 0.6) is 0 Å². The SMILES string of the molecule is N#Cc1ccc(C2CCC3C(=O)NCC3C2c2ccc(Cl)cc2)c(Cl)c1. The Balaban J connectivity index is 1.78. The van der Waals surface area contributed by atoms with E-state index in [0.717, 1.165) is 18.4 Å². The van der Waals surface area contributed by atoms with Crippen molar-refractivity contribution < 1.29 is 4.79 Å². The summed E-state index contributed by atoms with van der Waals surface area (Å²) in [5, 5.41) is 13.5. The van der Waals surface area contributed by atoms with Gasteiger partial charge in [-0.2, -0.15) is 5.26 Å². The van der Waals surface area contributed by atoms with Crippen molar-refractivity contribution >= 4 is 29.1 Å². The number of rotatable bonds is 2. The Morgan fingerprint density at radius 1 is 1.04 bits per heavy atom. The van der Waals surface area contributed by atoms with Crippen molar-refractivity contribution in [1.29, 1.82) is 5.26 Å². The van der Waals surface area contributed by atoms with E-state index < -0.39 is 0 Å². The van der Waals surface area contributed by atoms with Crippen LogP contribution in [0.15, 0.2) is 42.5 Å². The van der Waals surface area contributed by atoms with Crippen molar-refractivity contribution in [3.63, 3.8) is 0 Å². The lowest BCUT2D eigenvalue weighted by molar-refractivity contribution is -0.123. The van der Waals surface area contributed by atoms with Gasteiger partial charge in [0.1, 0.15) is 0 Å². The van der Waals surface area contributed by atoms with Gasteiger partial charge in [0.05, 0.1) is 11.6 Å². The van der Waals surface area contributed by atoms with Gasteiger partial charge in [-0.1, -0.05) is 41.4 Å². The molecule has 3 nitrogen and oxygen atoms in total. The lowest BCUT2D eigenvalue weighted by Gasteiger charge is -2.40. The first-order valence-corrected chi connectivity index (χ1v) is 9.57. The van der Waals surface area contributed by atoms with Crippen molar-refractivity contribution in [2.24, 2.45) is 11.8 Å². The van der Waals surface area contributed by atoms with Crippen LogP contribution in [0.2, 0.25) is 10.0 Å². The highest BCUT2D eigenvalue weighted by Crippen LogP contribution is 2.52. The average molecular weight is 385 g/mol. The highest BCUT2D eigenvalue weighted by atomic mass is 35.5. The molecule has 0 radical (unpaired) electrons. The molecule has 4 unspecified atom stereocenters. The number of amides is 1. The molecule has 4 atom stereocenters. The largest absolute Gasteiger partial charge is 0.356 e. The van der Waals surface area contributed by atoms with E-state index in [1.165, 1.54) is 5.56 Å². The van der Waals surface area contributed by atoms with Gasteiger partial charge < -0.3 is 5.32 Å². The topological polar surface area (TPSA) is 52.9 Å². The van der Waals surface area contributed by atoms with Gasteiger partial charge in [0.15, 0.2) is 0 Å². The lowest BCUT2D eigenvalue weighted by atomic mass is 9.63. The second kappa shape index (κ2) is 6.95. The maximum Gasteiger partial charge on any atom is 0.223 e. The molecule has 1 saturated carbocycles. The summed E-state index contributed by atoms with van der Waals surface area (Å²) in [6.07, 6.45) is 1.76. The maximum atomic E-state index is 12.2. The van der Waals surface area contributed by atoms with Crippen LogP contribution in [0, 0.1) is 23.2 Å². The Hall–Kier alpha value is -2.02. The van der Waals surface area contributed by atoms with Crippen molar-refractivity contribution in [1.82, 2.24) is 5.32 Å². The third-order valence-electron chi connectivity index (χ3n) is 5.83. The summed E-state index contributed by atoms with van der Waals surface area (Å²) in [5.41, 5.74) is 2.81. The van der Waals surface area contributed by atoms with E-state index in [1.54, 1.807) is 6.07 Å². The first-order valence-electron chi connectivity index (χ1n) is 8.81. The highest BCUT2D eigenvalue weighted by Gasteiger charge is 2.47. The standard InChI is InChI=1S/C21H18Cl2N2O/c22-14-4-2-13(3-5-14)20-16(7-8-17-18(20)11-25-21(17)26)15-6-1-12(10-24)9-19(15)23/h1-6,9,16-18,20H,7-8,11H2,(H,25,26). The summed E-state index contributed by atoms with van der Waals surface area (Å²) in [4.78, 5) is 12.2. The van der Waals surface area contributed by atoms with Crippen molar-refractivity contribution in [2.45, 2.75) is 24.7 Å². The molecule has 1 saturated heterocycles. The monoisotopic (exact) mass is 384 g/mol. The maximum absolute atomic E-state index is 12.2. The molecule has 1 amide bonds. The van der Waals surface area contributed by atoms with Crippen LogP contribution >= 0.6 is 23.2 Å². The fraction of sp³-hybridized carbons (Fsp3) is 0.333. The second-order valence-electron chi connectivity index (χ2n) is 7.12. The van der Waals surface area contributed by atoms with Crippen LogP contribution < -0.4 is 5.32 Å². The molecule has 2 aliphatic rings. The minimum Gasteiger partial charge on any atom is -0.356 e. The van der Waals surface area contributed by atoms with E-state index in [1.807, 2.05) is 24.3 Å². The van der Waals surface area contributed by atoms with E-state index in [9.17, 15) is 4.79 Å². The van der Waals surface area contributed by atoms with Crippen LogP contribution in [-0.2, 0) is 4.79 Å². The number of nitriles is 1. The van der Waals surface area contributed by atoms with Gasteiger partial charge in [-0.3, -0.25) is 4.79 Å². The zero-order valence-corrected chi connectivity index (χ0v) is 15.6. The van der Waals surface area contributed by atoms with Crippen LogP contribution in [-0.4, -0.2) is 12.5 Å². The fourth-order valence-electron chi connectivity index (χ4n) is 4.66. The summed E-state index contributed by atoms with van der Waals surface area (Å²) in [7, 11) is 0. The Bertz CT molecular complexity index is 888. The zero-order valence-electron chi connectivity index (χ0n) is 14.1. The van der Waals surface area contributed by atoms with Crippen LogP contribution in [0.4, 0.5) is 0 Å². The molecule has 26 heavy (non-hydrogen) atoms. The molecule has 2 aromatic rings. The van der Waals surface area contributed by atoms with E-state index in [2.05, 4.69) is 23.5 Å². The minimum absolute atomic E-state index is 0.0593. The number of carbonyl (C=O) groups excluding carboxylic acids is 1. The number of benzene rings is 2. The summed E-state index contributed by atoms with van der Waals surface area (Å²) >= 11 is 12.6. The molecule has 1 heterocycles. The summed E-state index contributed by atoms with van der Waals surface area (Å²) in [6.45, 7) is 0.696. The van der Waals surface area contributed by atoms with E-state index >= 15 is 0 Å². The Labute approximate surface area is 162 Å². The third-order valence-corrected chi connectivity index (χ3v) is 6.41. The Kier molecular flexibility index (Phi) is 4.65. The van der Waals surface area contributed by atoms with Gasteiger partial charge in [-0.05, 0) is 66.0 Å². The van der Waals surface area contributed by atoms with E-state index in [-0.39, 0.29) is 29.6 Å². The molecule has 0 bridgehead atoms. The summed E-state index contributed by atoms with van der Waals surface area (Å²) < 4.78 is 0. The molecule has 2 aromatic carbocycles. The first-order chi connectivity index (χ1) is 12.6. The molecule has 5 heteroatoms. The number of carbonyl (C=O) groups is 1. The van der Waals surface area contributed by atoms with E-state index in [4.69, 9.17) is 28.5 Å². The summed E-state index contributed by atoms with van der Waals surface area (Å²) in [5.74, 6) is 0.873. The van der Waals surface area contributed by atoms with Crippen LogP contribution in [0.1, 0.15) is 41.4 Å². The zero-order chi connectivity index (χ0) is 18.3. The Morgan fingerprint density at radius 2 is 1.77 bits per heavy atom. The van der Waals surface area contributed by atoms with Crippen molar-refractivity contribution in [3.8, 4) is 6.07 Å².